The average Bonchev–Trinajstić information content (AvgIpc) is 2.67. The van der Waals surface area contributed by atoms with Crippen molar-refractivity contribution in [2.45, 2.75) is 38.8 Å². The van der Waals surface area contributed by atoms with E-state index in [1.54, 1.807) is 0 Å². The van der Waals surface area contributed by atoms with E-state index in [0.29, 0.717) is 11.9 Å². The van der Waals surface area contributed by atoms with Crippen molar-refractivity contribution in [2.75, 3.05) is 20.1 Å². The van der Waals surface area contributed by atoms with Gasteiger partial charge in [-0.05, 0) is 26.4 Å². The number of likely N-dealkylation sites (N-methyl/N-ethyl adjacent to an activating group) is 1. The molecule has 0 bridgehead atoms. The van der Waals surface area contributed by atoms with Crippen LogP contribution in [0.4, 0.5) is 0 Å². The zero-order valence-corrected chi connectivity index (χ0v) is 10.1. The molecule has 5 heteroatoms. The molecule has 0 radical (unpaired) electrons. The Hall–Kier alpha value is -0.940. The molecule has 1 unspecified atom stereocenters. The molecule has 1 aromatic heterocycles. The minimum Gasteiger partial charge on any atom is -0.424 e. The summed E-state index contributed by atoms with van der Waals surface area (Å²) in [5, 5.41) is 11.2. The number of nitrogens with zero attached hydrogens (tertiary/aromatic N) is 3. The quantitative estimate of drug-likeness (QED) is 0.825. The average molecular weight is 224 g/mol. The molecular formula is C11H20N4O. The number of aromatic nitrogens is 2. The fourth-order valence-corrected chi connectivity index (χ4v) is 2.31. The van der Waals surface area contributed by atoms with E-state index in [4.69, 9.17) is 4.42 Å². The third-order valence-corrected chi connectivity index (χ3v) is 3.10. The maximum atomic E-state index is 5.43. The van der Waals surface area contributed by atoms with Gasteiger partial charge in [0, 0.05) is 19.5 Å². The van der Waals surface area contributed by atoms with E-state index in [1.165, 1.54) is 19.3 Å². The Morgan fingerprint density at radius 1 is 1.44 bits per heavy atom. The molecule has 1 aliphatic rings. The third kappa shape index (κ3) is 2.80. The van der Waals surface area contributed by atoms with Gasteiger partial charge >= 0.3 is 0 Å². The molecule has 1 atom stereocenters. The Morgan fingerprint density at radius 2 is 2.31 bits per heavy atom. The smallest absolute Gasteiger partial charge is 0.230 e. The minimum absolute atomic E-state index is 0.603. The first-order valence-corrected chi connectivity index (χ1v) is 5.97. The summed E-state index contributed by atoms with van der Waals surface area (Å²) >= 11 is 0. The first kappa shape index (κ1) is 11.5. The highest BCUT2D eigenvalue weighted by Gasteiger charge is 2.23. The molecule has 1 aliphatic heterocycles. The van der Waals surface area contributed by atoms with Gasteiger partial charge < -0.3 is 9.73 Å². The Balaban J connectivity index is 1.95. The minimum atomic E-state index is 0.603. The zero-order chi connectivity index (χ0) is 11.4. The third-order valence-electron chi connectivity index (χ3n) is 3.10. The maximum absolute atomic E-state index is 5.43. The molecule has 0 aromatic carbocycles. The molecule has 5 nitrogen and oxygen atoms in total. The van der Waals surface area contributed by atoms with E-state index in [0.717, 1.165) is 25.5 Å². The van der Waals surface area contributed by atoms with Crippen LogP contribution in [0.3, 0.4) is 0 Å². The zero-order valence-electron chi connectivity index (χ0n) is 10.1. The van der Waals surface area contributed by atoms with Crippen LogP contribution < -0.4 is 5.32 Å². The van der Waals surface area contributed by atoms with Crippen LogP contribution in [-0.2, 0) is 6.54 Å². The number of hydrogen-bond donors (Lipinski definition) is 1. The molecule has 1 fully saturated rings. The fourth-order valence-electron chi connectivity index (χ4n) is 2.31. The van der Waals surface area contributed by atoms with Crippen molar-refractivity contribution < 1.29 is 4.42 Å². The van der Waals surface area contributed by atoms with Crippen LogP contribution >= 0.6 is 0 Å². The summed E-state index contributed by atoms with van der Waals surface area (Å²) in [4.78, 5) is 2.44. The number of aryl methyl sites for hydroxylation is 1. The predicted octanol–water partition coefficient (Wildman–Crippen LogP) is 0.952. The standard InChI is InChI=1S/C11H20N4O/c1-9-13-14-11(16-9)8-15-6-4-3-5-10(15)7-12-2/h10,12H,3-8H2,1-2H3. The summed E-state index contributed by atoms with van der Waals surface area (Å²) in [5.74, 6) is 1.39. The lowest BCUT2D eigenvalue weighted by Crippen LogP contribution is -2.44. The van der Waals surface area contributed by atoms with Crippen LogP contribution in [-0.4, -0.2) is 41.3 Å². The van der Waals surface area contributed by atoms with Crippen LogP contribution in [0.25, 0.3) is 0 Å². The Labute approximate surface area is 96.2 Å². The van der Waals surface area contributed by atoms with Gasteiger partial charge in [0.25, 0.3) is 0 Å². The van der Waals surface area contributed by atoms with E-state index < -0.39 is 0 Å². The lowest BCUT2D eigenvalue weighted by Gasteiger charge is -2.34. The summed E-state index contributed by atoms with van der Waals surface area (Å²) in [6.07, 6.45) is 3.85. The van der Waals surface area contributed by atoms with Crippen molar-refractivity contribution in [3.05, 3.63) is 11.8 Å². The van der Waals surface area contributed by atoms with Crippen LogP contribution in [0.5, 0.6) is 0 Å². The molecular weight excluding hydrogens is 204 g/mol. The van der Waals surface area contributed by atoms with Crippen molar-refractivity contribution in [3.63, 3.8) is 0 Å². The second-order valence-electron chi connectivity index (χ2n) is 4.39. The van der Waals surface area contributed by atoms with Gasteiger partial charge in [-0.15, -0.1) is 10.2 Å². The highest BCUT2D eigenvalue weighted by Crippen LogP contribution is 2.18. The topological polar surface area (TPSA) is 54.2 Å². The van der Waals surface area contributed by atoms with Gasteiger partial charge in [-0.2, -0.15) is 0 Å². The molecule has 1 aromatic rings. The predicted molar refractivity (Wildman–Crippen MR) is 61.0 cm³/mol. The number of nitrogens with one attached hydrogen (secondary N) is 1. The van der Waals surface area contributed by atoms with E-state index in [1.807, 2.05) is 14.0 Å². The van der Waals surface area contributed by atoms with Crippen molar-refractivity contribution in [3.8, 4) is 0 Å². The number of piperidine rings is 1. The van der Waals surface area contributed by atoms with E-state index in [9.17, 15) is 0 Å². The largest absolute Gasteiger partial charge is 0.424 e. The molecule has 0 saturated carbocycles. The van der Waals surface area contributed by atoms with Gasteiger partial charge in [0.05, 0.1) is 6.54 Å². The first-order valence-electron chi connectivity index (χ1n) is 5.97. The van der Waals surface area contributed by atoms with Crippen molar-refractivity contribution in [1.29, 1.82) is 0 Å². The van der Waals surface area contributed by atoms with Crippen molar-refractivity contribution >= 4 is 0 Å². The van der Waals surface area contributed by atoms with Gasteiger partial charge in [0.1, 0.15) is 0 Å². The molecule has 2 rings (SSSR count). The molecule has 0 spiro atoms. The summed E-state index contributed by atoms with van der Waals surface area (Å²) in [6, 6.07) is 0.603. The number of likely N-dealkylation sites (tertiary alicyclic amines) is 1. The van der Waals surface area contributed by atoms with Crippen LogP contribution in [0.15, 0.2) is 4.42 Å². The molecule has 90 valence electrons. The van der Waals surface area contributed by atoms with Gasteiger partial charge in [0.2, 0.25) is 11.8 Å². The lowest BCUT2D eigenvalue weighted by molar-refractivity contribution is 0.126. The Bertz CT molecular complexity index is 324. The van der Waals surface area contributed by atoms with Gasteiger partial charge in [-0.25, -0.2) is 0 Å². The Kier molecular flexibility index (Phi) is 3.90. The van der Waals surface area contributed by atoms with Crippen molar-refractivity contribution in [1.82, 2.24) is 20.4 Å². The van der Waals surface area contributed by atoms with Crippen LogP contribution in [0, 0.1) is 6.92 Å². The normalized spacial score (nSPS) is 22.5. The SMILES string of the molecule is CNCC1CCCCN1Cc1nnc(C)o1. The van der Waals surface area contributed by atoms with Gasteiger partial charge in [-0.1, -0.05) is 6.42 Å². The molecule has 2 heterocycles. The lowest BCUT2D eigenvalue weighted by atomic mass is 10.0. The molecule has 1 N–H and O–H groups in total. The number of rotatable bonds is 4. The molecule has 16 heavy (non-hydrogen) atoms. The van der Waals surface area contributed by atoms with E-state index >= 15 is 0 Å². The maximum Gasteiger partial charge on any atom is 0.230 e. The molecule has 0 aliphatic carbocycles. The summed E-state index contributed by atoms with van der Waals surface area (Å²) in [7, 11) is 2.00. The second kappa shape index (κ2) is 5.41. The highest BCUT2D eigenvalue weighted by molar-refractivity contribution is 4.84. The van der Waals surface area contributed by atoms with Gasteiger partial charge in [0.15, 0.2) is 0 Å². The Morgan fingerprint density at radius 3 is 3.00 bits per heavy atom. The van der Waals surface area contributed by atoms with Gasteiger partial charge in [-0.3, -0.25) is 4.90 Å². The van der Waals surface area contributed by atoms with Crippen LogP contribution in [0.1, 0.15) is 31.0 Å². The summed E-state index contributed by atoms with van der Waals surface area (Å²) in [6.45, 7) is 4.78. The molecule has 1 saturated heterocycles. The number of hydrogen-bond acceptors (Lipinski definition) is 5. The van der Waals surface area contributed by atoms with Crippen molar-refractivity contribution in [2.24, 2.45) is 0 Å². The highest BCUT2D eigenvalue weighted by atomic mass is 16.4. The van der Waals surface area contributed by atoms with E-state index in [-0.39, 0.29) is 0 Å². The second-order valence-corrected chi connectivity index (χ2v) is 4.39. The van der Waals surface area contributed by atoms with E-state index in [2.05, 4.69) is 20.4 Å². The fraction of sp³-hybridized carbons (Fsp3) is 0.818. The van der Waals surface area contributed by atoms with Crippen LogP contribution in [0.2, 0.25) is 0 Å². The summed E-state index contributed by atoms with van der Waals surface area (Å²) in [5.41, 5.74) is 0. The molecule has 0 amide bonds. The summed E-state index contributed by atoms with van der Waals surface area (Å²) < 4.78 is 5.43. The first-order chi connectivity index (χ1) is 7.79. The monoisotopic (exact) mass is 224 g/mol.